The summed E-state index contributed by atoms with van der Waals surface area (Å²) in [5, 5.41) is 14.5. The lowest BCUT2D eigenvalue weighted by atomic mass is 9.53. The summed E-state index contributed by atoms with van der Waals surface area (Å²) < 4.78 is 1.89. The van der Waals surface area contributed by atoms with Crippen molar-refractivity contribution in [1.29, 1.82) is 0 Å². The third-order valence-corrected chi connectivity index (χ3v) is 6.17. The number of hydrogen-bond donors (Lipinski definition) is 1. The lowest BCUT2D eigenvalue weighted by Gasteiger charge is -2.49. The summed E-state index contributed by atoms with van der Waals surface area (Å²) in [6.45, 7) is 2.02. The van der Waals surface area contributed by atoms with Gasteiger partial charge in [0.05, 0.1) is 12.0 Å². The zero-order chi connectivity index (χ0) is 17.6. The van der Waals surface area contributed by atoms with Crippen LogP contribution in [-0.2, 0) is 30.1 Å². The largest absolute Gasteiger partial charge is 0.515 e. The number of benzene rings is 1. The molecule has 2 aliphatic rings. The van der Waals surface area contributed by atoms with E-state index in [1.54, 1.807) is 0 Å². The summed E-state index contributed by atoms with van der Waals surface area (Å²) in [6, 6.07) is 10.4. The van der Waals surface area contributed by atoms with Gasteiger partial charge in [0.25, 0.3) is 0 Å². The molecule has 1 aromatic heterocycles. The number of aromatic nitrogens is 2. The minimum Gasteiger partial charge on any atom is -0.515 e. The highest BCUT2D eigenvalue weighted by Gasteiger charge is 2.54. The van der Waals surface area contributed by atoms with E-state index in [0.29, 0.717) is 12.0 Å². The molecule has 0 amide bonds. The molecule has 1 fully saturated rings. The number of ketones is 1. The highest BCUT2D eigenvalue weighted by Crippen LogP contribution is 2.53. The Morgan fingerprint density at radius 3 is 2.84 bits per heavy atom. The first-order valence-corrected chi connectivity index (χ1v) is 8.99. The van der Waals surface area contributed by atoms with Crippen molar-refractivity contribution in [2.75, 3.05) is 0 Å². The number of aryl methyl sites for hydroxylation is 2. The van der Waals surface area contributed by atoms with E-state index in [-0.39, 0.29) is 23.0 Å². The van der Waals surface area contributed by atoms with Gasteiger partial charge >= 0.3 is 0 Å². The number of aliphatic hydroxyl groups is 1. The SMILES string of the molecule is CC1C(=O)/C(=C\O)CC2(Cc3ccccc3)c3nn(C)cc3CCC12. The lowest BCUT2D eigenvalue weighted by molar-refractivity contribution is -0.124. The van der Waals surface area contributed by atoms with Crippen LogP contribution in [0.3, 0.4) is 0 Å². The maximum Gasteiger partial charge on any atom is 0.165 e. The smallest absolute Gasteiger partial charge is 0.165 e. The van der Waals surface area contributed by atoms with E-state index in [9.17, 15) is 9.90 Å². The molecule has 0 bridgehead atoms. The maximum atomic E-state index is 12.7. The van der Waals surface area contributed by atoms with Gasteiger partial charge in [-0.15, -0.1) is 0 Å². The van der Waals surface area contributed by atoms with E-state index in [2.05, 4.69) is 30.5 Å². The van der Waals surface area contributed by atoms with E-state index in [0.717, 1.165) is 31.2 Å². The Morgan fingerprint density at radius 2 is 2.12 bits per heavy atom. The van der Waals surface area contributed by atoms with Gasteiger partial charge in [-0.2, -0.15) is 5.10 Å². The van der Waals surface area contributed by atoms with Crippen LogP contribution in [0.2, 0.25) is 0 Å². The Balaban J connectivity index is 1.89. The molecule has 3 unspecified atom stereocenters. The minimum atomic E-state index is -0.224. The lowest BCUT2D eigenvalue weighted by Crippen LogP contribution is -2.51. The second kappa shape index (κ2) is 5.87. The zero-order valence-electron chi connectivity index (χ0n) is 14.8. The number of carbonyl (C=O) groups is 1. The molecule has 0 aliphatic heterocycles. The van der Waals surface area contributed by atoms with Crippen LogP contribution in [0.4, 0.5) is 0 Å². The van der Waals surface area contributed by atoms with Crippen LogP contribution < -0.4 is 0 Å². The van der Waals surface area contributed by atoms with Crippen molar-refractivity contribution < 1.29 is 9.90 Å². The van der Waals surface area contributed by atoms with Crippen molar-refractivity contribution in [3.63, 3.8) is 0 Å². The summed E-state index contributed by atoms with van der Waals surface area (Å²) in [4.78, 5) is 12.7. The number of hydrogen-bond acceptors (Lipinski definition) is 3. The molecule has 1 aromatic carbocycles. The van der Waals surface area contributed by atoms with E-state index >= 15 is 0 Å². The average Bonchev–Trinajstić information content (AvgIpc) is 3.01. The molecule has 3 atom stereocenters. The Labute approximate surface area is 148 Å². The number of allylic oxidation sites excluding steroid dienone is 1. The van der Waals surface area contributed by atoms with Gasteiger partial charge in [-0.3, -0.25) is 9.48 Å². The minimum absolute atomic E-state index is 0.0916. The number of fused-ring (bicyclic) bond motifs is 3. The molecule has 1 N–H and O–H groups in total. The molecular weight excluding hydrogens is 312 g/mol. The molecule has 2 aromatic rings. The molecule has 25 heavy (non-hydrogen) atoms. The second-order valence-electron chi connectivity index (χ2n) is 7.62. The van der Waals surface area contributed by atoms with Gasteiger partial charge in [-0.05, 0) is 42.7 Å². The molecule has 2 aliphatic carbocycles. The summed E-state index contributed by atoms with van der Waals surface area (Å²) >= 11 is 0. The van der Waals surface area contributed by atoms with Gasteiger partial charge in [-0.1, -0.05) is 37.3 Å². The molecule has 4 rings (SSSR count). The first-order chi connectivity index (χ1) is 12.0. The zero-order valence-corrected chi connectivity index (χ0v) is 14.8. The fourth-order valence-corrected chi connectivity index (χ4v) is 5.09. The maximum absolute atomic E-state index is 12.7. The van der Waals surface area contributed by atoms with Gasteiger partial charge in [0.15, 0.2) is 5.78 Å². The van der Waals surface area contributed by atoms with Crippen molar-refractivity contribution in [2.45, 2.75) is 38.0 Å². The van der Waals surface area contributed by atoms with E-state index in [1.807, 2.05) is 24.7 Å². The molecule has 0 spiro atoms. The number of carbonyl (C=O) groups excluding carboxylic acids is 1. The van der Waals surface area contributed by atoms with Crippen LogP contribution in [0.25, 0.3) is 0 Å². The Morgan fingerprint density at radius 1 is 1.36 bits per heavy atom. The van der Waals surface area contributed by atoms with Gasteiger partial charge in [-0.25, -0.2) is 0 Å². The first-order valence-electron chi connectivity index (χ1n) is 8.99. The number of rotatable bonds is 2. The molecule has 1 saturated carbocycles. The Bertz CT molecular complexity index is 837. The Kier molecular flexibility index (Phi) is 3.78. The average molecular weight is 336 g/mol. The van der Waals surface area contributed by atoms with Crippen LogP contribution in [-0.4, -0.2) is 20.7 Å². The summed E-state index contributed by atoms with van der Waals surface area (Å²) in [5.41, 5.74) is 3.98. The third kappa shape index (κ3) is 2.43. The predicted molar refractivity (Wildman–Crippen MR) is 96.3 cm³/mol. The molecule has 0 saturated heterocycles. The van der Waals surface area contributed by atoms with Gasteiger partial charge in [0, 0.05) is 30.2 Å². The topological polar surface area (TPSA) is 55.1 Å². The van der Waals surface area contributed by atoms with Gasteiger partial charge in [0.1, 0.15) is 0 Å². The van der Waals surface area contributed by atoms with E-state index < -0.39 is 0 Å². The highest BCUT2D eigenvalue weighted by molar-refractivity contribution is 5.98. The van der Waals surface area contributed by atoms with Crippen LogP contribution in [0.5, 0.6) is 0 Å². The molecule has 130 valence electrons. The normalized spacial score (nSPS) is 30.2. The number of Topliss-reactive ketones (excluding diaryl/α,β-unsaturated/α-hetero) is 1. The molecular formula is C21H24N2O2. The van der Waals surface area contributed by atoms with Crippen molar-refractivity contribution in [1.82, 2.24) is 9.78 Å². The van der Waals surface area contributed by atoms with Crippen LogP contribution in [0.1, 0.15) is 36.6 Å². The van der Waals surface area contributed by atoms with Crippen LogP contribution in [0.15, 0.2) is 48.4 Å². The fourth-order valence-electron chi connectivity index (χ4n) is 5.09. The molecule has 1 heterocycles. The first kappa shape index (κ1) is 16.1. The fraction of sp³-hybridized carbons (Fsp3) is 0.429. The van der Waals surface area contributed by atoms with Crippen molar-refractivity contribution in [2.24, 2.45) is 18.9 Å². The third-order valence-electron chi connectivity index (χ3n) is 6.17. The van der Waals surface area contributed by atoms with Crippen molar-refractivity contribution >= 4 is 5.78 Å². The highest BCUT2D eigenvalue weighted by atomic mass is 16.2. The molecule has 4 nitrogen and oxygen atoms in total. The monoisotopic (exact) mass is 336 g/mol. The number of nitrogens with zero attached hydrogens (tertiary/aromatic N) is 2. The van der Waals surface area contributed by atoms with Gasteiger partial charge in [0.2, 0.25) is 0 Å². The second-order valence-corrected chi connectivity index (χ2v) is 7.62. The van der Waals surface area contributed by atoms with Gasteiger partial charge < -0.3 is 5.11 Å². The number of aliphatic hydroxyl groups excluding tert-OH is 1. The van der Waals surface area contributed by atoms with E-state index in [4.69, 9.17) is 5.10 Å². The summed E-state index contributed by atoms with van der Waals surface area (Å²) in [5.74, 6) is 0.257. The quantitative estimate of drug-likeness (QED) is 0.674. The standard InChI is InChI=1S/C21H24N2O2/c1-14-18-9-8-16-12-23(2)22-20(16)21(18,11-17(13-24)19(14)25)10-15-6-4-3-5-7-15/h3-7,12-14,18,24H,8-11H2,1-2H3/b17-13-. The van der Waals surface area contributed by atoms with Crippen molar-refractivity contribution in [3.05, 3.63) is 65.2 Å². The van der Waals surface area contributed by atoms with Crippen LogP contribution in [0, 0.1) is 11.8 Å². The van der Waals surface area contributed by atoms with Crippen LogP contribution >= 0.6 is 0 Å². The molecule has 4 heteroatoms. The Hall–Kier alpha value is -2.36. The molecule has 0 radical (unpaired) electrons. The summed E-state index contributed by atoms with van der Waals surface area (Å²) in [7, 11) is 1.96. The van der Waals surface area contributed by atoms with Crippen molar-refractivity contribution in [3.8, 4) is 0 Å². The summed E-state index contributed by atoms with van der Waals surface area (Å²) in [6.07, 6.45) is 6.52. The predicted octanol–water partition coefficient (Wildman–Crippen LogP) is 3.51. The van der Waals surface area contributed by atoms with E-state index in [1.165, 1.54) is 11.1 Å².